The van der Waals surface area contributed by atoms with Crippen molar-refractivity contribution in [3.63, 3.8) is 0 Å². The Kier molecular flexibility index (Phi) is 5.72. The third-order valence-electron chi connectivity index (χ3n) is 6.08. The third kappa shape index (κ3) is 4.22. The summed E-state index contributed by atoms with van der Waals surface area (Å²) in [5.74, 6) is 0.392. The summed E-state index contributed by atoms with van der Waals surface area (Å²) in [4.78, 5) is 23.3. The number of hydrogen-bond donors (Lipinski definition) is 0. The standard InChI is InChI=1S/C22H27F3N6O/c1-13(2)17-9-19(22(23,24)25)31-20(27-17)10-18(28-31)16-5-7-30(12-16)21(32)14(3)11-29-8-6-26-15(29)4/h6,8-10,13-14,16H,5,7,11-12H2,1-4H3/t14-,16+/m1/s1. The van der Waals surface area contributed by atoms with Crippen LogP contribution in [0.5, 0.6) is 0 Å². The summed E-state index contributed by atoms with van der Waals surface area (Å²) >= 11 is 0. The number of halogens is 3. The van der Waals surface area contributed by atoms with E-state index in [1.165, 1.54) is 0 Å². The zero-order valence-electron chi connectivity index (χ0n) is 18.6. The van der Waals surface area contributed by atoms with Gasteiger partial charge in [0.25, 0.3) is 0 Å². The van der Waals surface area contributed by atoms with Crippen LogP contribution in [0.2, 0.25) is 0 Å². The minimum atomic E-state index is -4.54. The van der Waals surface area contributed by atoms with Gasteiger partial charge in [0.2, 0.25) is 5.91 Å². The summed E-state index contributed by atoms with van der Waals surface area (Å²) < 4.78 is 43.7. The quantitative estimate of drug-likeness (QED) is 0.591. The maximum absolute atomic E-state index is 13.6. The van der Waals surface area contributed by atoms with Crippen molar-refractivity contribution in [2.24, 2.45) is 5.92 Å². The molecule has 3 aromatic rings. The summed E-state index contributed by atoms with van der Waals surface area (Å²) in [5.41, 5.74) is 0.278. The molecule has 0 aromatic carbocycles. The number of carbonyl (C=O) groups is 1. The van der Waals surface area contributed by atoms with E-state index >= 15 is 0 Å². The van der Waals surface area contributed by atoms with Crippen molar-refractivity contribution < 1.29 is 18.0 Å². The fourth-order valence-corrected chi connectivity index (χ4v) is 4.19. The van der Waals surface area contributed by atoms with E-state index in [9.17, 15) is 18.0 Å². The molecule has 4 heterocycles. The van der Waals surface area contributed by atoms with Crippen LogP contribution in [0.1, 0.15) is 61.9 Å². The van der Waals surface area contributed by atoms with Gasteiger partial charge in [0.15, 0.2) is 5.65 Å². The molecule has 4 rings (SSSR count). The maximum atomic E-state index is 13.6. The predicted octanol–water partition coefficient (Wildman–Crippen LogP) is 4.03. The number of amides is 1. The number of hydrogen-bond acceptors (Lipinski definition) is 4. The maximum Gasteiger partial charge on any atom is 0.433 e. The lowest BCUT2D eigenvalue weighted by Crippen LogP contribution is -2.35. The lowest BCUT2D eigenvalue weighted by Gasteiger charge is -2.21. The molecule has 1 saturated heterocycles. The average molecular weight is 448 g/mol. The molecule has 10 heteroatoms. The SMILES string of the molecule is Cc1nccn1C[C@@H](C)C(=O)N1CC[C@H](c2cc3nc(C(C)C)cc(C(F)(F)F)n3n2)C1. The first kappa shape index (κ1) is 22.3. The van der Waals surface area contributed by atoms with E-state index in [1.54, 1.807) is 17.2 Å². The molecule has 1 fully saturated rings. The number of alkyl halides is 3. The van der Waals surface area contributed by atoms with E-state index < -0.39 is 11.9 Å². The number of aryl methyl sites for hydroxylation is 1. The van der Waals surface area contributed by atoms with Crippen molar-refractivity contribution in [1.29, 1.82) is 0 Å². The van der Waals surface area contributed by atoms with Crippen LogP contribution in [-0.2, 0) is 17.5 Å². The second kappa shape index (κ2) is 8.22. The van der Waals surface area contributed by atoms with Gasteiger partial charge >= 0.3 is 6.18 Å². The van der Waals surface area contributed by atoms with Crippen LogP contribution >= 0.6 is 0 Å². The van der Waals surface area contributed by atoms with Crippen molar-refractivity contribution >= 4 is 11.6 Å². The topological polar surface area (TPSA) is 68.3 Å². The van der Waals surface area contributed by atoms with Crippen molar-refractivity contribution in [2.45, 2.75) is 58.7 Å². The van der Waals surface area contributed by atoms with Gasteiger partial charge in [-0.05, 0) is 25.3 Å². The van der Waals surface area contributed by atoms with Gasteiger partial charge in [0.05, 0.1) is 11.6 Å². The molecule has 1 aliphatic rings. The molecular weight excluding hydrogens is 421 g/mol. The van der Waals surface area contributed by atoms with Gasteiger partial charge < -0.3 is 9.47 Å². The molecular formula is C22H27F3N6O. The summed E-state index contributed by atoms with van der Waals surface area (Å²) in [6.07, 6.45) is -0.327. The van der Waals surface area contributed by atoms with E-state index in [4.69, 9.17) is 0 Å². The zero-order chi connectivity index (χ0) is 23.2. The Balaban J connectivity index is 1.54. The van der Waals surface area contributed by atoms with E-state index in [-0.39, 0.29) is 29.3 Å². The lowest BCUT2D eigenvalue weighted by atomic mass is 10.1. The highest BCUT2D eigenvalue weighted by Crippen LogP contribution is 2.33. The number of aromatic nitrogens is 5. The van der Waals surface area contributed by atoms with Crippen molar-refractivity contribution in [2.75, 3.05) is 13.1 Å². The monoisotopic (exact) mass is 448 g/mol. The van der Waals surface area contributed by atoms with Gasteiger partial charge in [-0.2, -0.15) is 18.3 Å². The second-order valence-electron chi connectivity index (χ2n) is 8.86. The molecule has 0 bridgehead atoms. The summed E-state index contributed by atoms with van der Waals surface area (Å²) in [6, 6.07) is 2.69. The number of rotatable bonds is 5. The highest BCUT2D eigenvalue weighted by molar-refractivity contribution is 5.78. The minimum Gasteiger partial charge on any atom is -0.342 e. The van der Waals surface area contributed by atoms with Gasteiger partial charge in [-0.15, -0.1) is 0 Å². The average Bonchev–Trinajstić information content (AvgIpc) is 3.45. The number of fused-ring (bicyclic) bond motifs is 1. The molecule has 3 aromatic heterocycles. The molecule has 0 saturated carbocycles. The van der Waals surface area contributed by atoms with Gasteiger partial charge in [0.1, 0.15) is 11.5 Å². The molecule has 7 nitrogen and oxygen atoms in total. The zero-order valence-corrected chi connectivity index (χ0v) is 18.6. The minimum absolute atomic E-state index is 0.0283. The molecule has 172 valence electrons. The molecule has 0 radical (unpaired) electrons. The van der Waals surface area contributed by atoms with E-state index in [0.29, 0.717) is 37.4 Å². The molecule has 1 aliphatic heterocycles. The van der Waals surface area contributed by atoms with Crippen molar-refractivity contribution in [1.82, 2.24) is 29.0 Å². The van der Waals surface area contributed by atoms with Crippen LogP contribution in [0.3, 0.4) is 0 Å². The Bertz CT molecular complexity index is 1130. The number of nitrogens with zero attached hydrogens (tertiary/aromatic N) is 6. The number of imidazole rings is 1. The molecule has 32 heavy (non-hydrogen) atoms. The highest BCUT2D eigenvalue weighted by atomic mass is 19.4. The molecule has 0 N–H and O–H groups in total. The van der Waals surface area contributed by atoms with Gasteiger partial charge in [-0.1, -0.05) is 20.8 Å². The van der Waals surface area contributed by atoms with Crippen LogP contribution in [0.25, 0.3) is 5.65 Å². The predicted molar refractivity (Wildman–Crippen MR) is 112 cm³/mol. The normalized spacial score (nSPS) is 18.1. The Labute approximate surface area is 184 Å². The van der Waals surface area contributed by atoms with Crippen LogP contribution in [0, 0.1) is 12.8 Å². The van der Waals surface area contributed by atoms with Crippen molar-refractivity contribution in [3.05, 3.63) is 47.4 Å². The van der Waals surface area contributed by atoms with Gasteiger partial charge in [-0.3, -0.25) is 4.79 Å². The molecule has 0 unspecified atom stereocenters. The summed E-state index contributed by atoms with van der Waals surface area (Å²) in [7, 11) is 0. The fraction of sp³-hybridized carbons (Fsp3) is 0.545. The fourth-order valence-electron chi connectivity index (χ4n) is 4.19. The summed E-state index contributed by atoms with van der Waals surface area (Å²) in [5, 5.41) is 4.26. The Morgan fingerprint density at radius 2 is 2.00 bits per heavy atom. The van der Waals surface area contributed by atoms with E-state index in [1.807, 2.05) is 38.5 Å². The van der Waals surface area contributed by atoms with Crippen LogP contribution < -0.4 is 0 Å². The molecule has 0 aliphatic carbocycles. The van der Waals surface area contributed by atoms with Gasteiger partial charge in [-0.25, -0.2) is 14.5 Å². The first-order valence-electron chi connectivity index (χ1n) is 10.8. The van der Waals surface area contributed by atoms with Crippen LogP contribution in [-0.4, -0.2) is 48.0 Å². The Morgan fingerprint density at radius 3 is 2.62 bits per heavy atom. The lowest BCUT2D eigenvalue weighted by molar-refractivity contribution is -0.142. The van der Waals surface area contributed by atoms with Crippen molar-refractivity contribution in [3.8, 4) is 0 Å². The second-order valence-corrected chi connectivity index (χ2v) is 8.86. The number of likely N-dealkylation sites (tertiary alicyclic amines) is 1. The van der Waals surface area contributed by atoms with Crippen LogP contribution in [0.15, 0.2) is 24.5 Å². The first-order chi connectivity index (χ1) is 15.0. The first-order valence-corrected chi connectivity index (χ1v) is 10.8. The smallest absolute Gasteiger partial charge is 0.342 e. The largest absolute Gasteiger partial charge is 0.433 e. The summed E-state index contributed by atoms with van der Waals surface area (Å²) in [6.45, 7) is 8.92. The number of carbonyl (C=O) groups excluding carboxylic acids is 1. The molecule has 0 spiro atoms. The Hall–Kier alpha value is -2.91. The van der Waals surface area contributed by atoms with Crippen LogP contribution in [0.4, 0.5) is 13.2 Å². The van der Waals surface area contributed by atoms with Gasteiger partial charge in [0, 0.05) is 49.7 Å². The van der Waals surface area contributed by atoms with E-state index in [2.05, 4.69) is 15.1 Å². The molecule has 2 atom stereocenters. The Morgan fingerprint density at radius 1 is 1.25 bits per heavy atom. The highest BCUT2D eigenvalue weighted by Gasteiger charge is 2.37. The van der Waals surface area contributed by atoms with E-state index in [0.717, 1.165) is 16.4 Å². The molecule has 1 amide bonds. The third-order valence-corrected chi connectivity index (χ3v) is 6.08.